The lowest BCUT2D eigenvalue weighted by Gasteiger charge is -2.10. The van der Waals surface area contributed by atoms with Gasteiger partial charge in [-0.2, -0.15) is 0 Å². The summed E-state index contributed by atoms with van der Waals surface area (Å²) in [6.07, 6.45) is 1.43. The average molecular weight is 356 g/mol. The van der Waals surface area contributed by atoms with Crippen LogP contribution in [0.3, 0.4) is 0 Å². The molecule has 0 fully saturated rings. The SMILES string of the molecule is O=C(NNC(=O)c1c[nH]c(=S)n1-c1ccccc1)c1ccccc1F. The summed E-state index contributed by atoms with van der Waals surface area (Å²) in [5, 5.41) is 0. The van der Waals surface area contributed by atoms with E-state index in [4.69, 9.17) is 12.2 Å². The zero-order valence-electron chi connectivity index (χ0n) is 12.8. The van der Waals surface area contributed by atoms with Crippen molar-refractivity contribution in [1.29, 1.82) is 0 Å². The highest BCUT2D eigenvalue weighted by atomic mass is 32.1. The standard InChI is InChI=1S/C17H13FN4O2S/c18-13-9-5-4-8-12(13)15(23)20-21-16(24)14-10-19-17(25)22(14)11-6-2-1-3-7-11/h1-10H,(H,19,25)(H,20,23)(H,21,24). The van der Waals surface area contributed by atoms with Gasteiger partial charge in [-0.1, -0.05) is 30.3 Å². The molecule has 0 saturated heterocycles. The van der Waals surface area contributed by atoms with Crippen LogP contribution in [0, 0.1) is 10.6 Å². The van der Waals surface area contributed by atoms with Crippen LogP contribution in [0.15, 0.2) is 60.8 Å². The number of amides is 2. The molecule has 0 aliphatic carbocycles. The number of hydrogen-bond donors (Lipinski definition) is 3. The summed E-state index contributed by atoms with van der Waals surface area (Å²) in [5.74, 6) is -2.03. The van der Waals surface area contributed by atoms with E-state index in [0.717, 1.165) is 6.07 Å². The molecule has 1 heterocycles. The Kier molecular flexibility index (Phi) is 4.71. The van der Waals surface area contributed by atoms with Crippen molar-refractivity contribution < 1.29 is 14.0 Å². The van der Waals surface area contributed by atoms with Gasteiger partial charge in [0.1, 0.15) is 11.5 Å². The van der Waals surface area contributed by atoms with Gasteiger partial charge < -0.3 is 4.98 Å². The number of hydrazine groups is 1. The fourth-order valence-corrected chi connectivity index (χ4v) is 2.52. The second-order valence-corrected chi connectivity index (χ2v) is 5.42. The molecule has 0 aliphatic rings. The highest BCUT2D eigenvalue weighted by molar-refractivity contribution is 7.71. The van der Waals surface area contributed by atoms with Crippen LogP contribution in [0.4, 0.5) is 4.39 Å². The Labute approximate surface area is 147 Å². The normalized spacial score (nSPS) is 10.3. The number of benzene rings is 2. The molecule has 2 amide bonds. The third kappa shape index (κ3) is 3.48. The number of carbonyl (C=O) groups excluding carboxylic acids is 2. The van der Waals surface area contributed by atoms with Gasteiger partial charge in [0.15, 0.2) is 4.77 Å². The van der Waals surface area contributed by atoms with Gasteiger partial charge in [-0.15, -0.1) is 0 Å². The first kappa shape index (κ1) is 16.6. The van der Waals surface area contributed by atoms with Crippen LogP contribution in [0.25, 0.3) is 5.69 Å². The quantitative estimate of drug-likeness (QED) is 0.499. The molecule has 0 bridgehead atoms. The van der Waals surface area contributed by atoms with Gasteiger partial charge in [0.05, 0.1) is 5.56 Å². The average Bonchev–Trinajstić information content (AvgIpc) is 3.02. The van der Waals surface area contributed by atoms with Crippen molar-refractivity contribution in [3.05, 3.63) is 82.6 Å². The maximum atomic E-state index is 13.6. The predicted octanol–water partition coefficient (Wildman–Crippen LogP) is 2.75. The van der Waals surface area contributed by atoms with Crippen molar-refractivity contribution in [2.24, 2.45) is 0 Å². The second kappa shape index (κ2) is 7.10. The van der Waals surface area contributed by atoms with Gasteiger partial charge in [0.25, 0.3) is 11.8 Å². The van der Waals surface area contributed by atoms with Crippen molar-refractivity contribution in [1.82, 2.24) is 20.4 Å². The second-order valence-electron chi connectivity index (χ2n) is 5.04. The van der Waals surface area contributed by atoms with Crippen LogP contribution < -0.4 is 10.9 Å². The minimum absolute atomic E-state index is 0.170. The Hall–Kier alpha value is -3.26. The van der Waals surface area contributed by atoms with Gasteiger partial charge in [-0.05, 0) is 36.5 Å². The van der Waals surface area contributed by atoms with Crippen LogP contribution in [0.2, 0.25) is 0 Å². The van der Waals surface area contributed by atoms with Gasteiger partial charge in [-0.3, -0.25) is 25.0 Å². The van der Waals surface area contributed by atoms with Crippen molar-refractivity contribution in [3.8, 4) is 5.69 Å². The van der Waals surface area contributed by atoms with Crippen molar-refractivity contribution in [2.45, 2.75) is 0 Å². The molecule has 0 radical (unpaired) electrons. The van der Waals surface area contributed by atoms with Crippen LogP contribution in [0.1, 0.15) is 20.8 Å². The molecule has 3 N–H and O–H groups in total. The fourth-order valence-electron chi connectivity index (χ4n) is 2.26. The molecule has 3 rings (SSSR count). The van der Waals surface area contributed by atoms with Crippen molar-refractivity contribution in [3.63, 3.8) is 0 Å². The maximum Gasteiger partial charge on any atom is 0.288 e. The summed E-state index contributed by atoms with van der Waals surface area (Å²) in [7, 11) is 0. The molecular formula is C17H13FN4O2S. The zero-order chi connectivity index (χ0) is 17.8. The lowest BCUT2D eigenvalue weighted by atomic mass is 10.2. The number of imidazole rings is 1. The largest absolute Gasteiger partial charge is 0.336 e. The first-order valence-corrected chi connectivity index (χ1v) is 7.70. The number of rotatable bonds is 3. The minimum Gasteiger partial charge on any atom is -0.336 e. The molecule has 6 nitrogen and oxygen atoms in total. The molecule has 3 aromatic rings. The lowest BCUT2D eigenvalue weighted by Crippen LogP contribution is -2.42. The van der Waals surface area contributed by atoms with Gasteiger partial charge in [0.2, 0.25) is 0 Å². The van der Waals surface area contributed by atoms with Gasteiger partial charge in [0, 0.05) is 11.9 Å². The van der Waals surface area contributed by atoms with E-state index in [1.807, 2.05) is 18.2 Å². The molecule has 2 aromatic carbocycles. The molecule has 0 saturated carbocycles. The fraction of sp³-hybridized carbons (Fsp3) is 0. The molecule has 0 spiro atoms. The number of aromatic amines is 1. The highest BCUT2D eigenvalue weighted by Gasteiger charge is 2.16. The van der Waals surface area contributed by atoms with Crippen LogP contribution >= 0.6 is 12.2 Å². The number of H-pyrrole nitrogens is 1. The molecule has 0 aliphatic heterocycles. The first-order valence-electron chi connectivity index (χ1n) is 7.29. The van der Waals surface area contributed by atoms with E-state index in [9.17, 15) is 14.0 Å². The molecule has 1 aromatic heterocycles. The summed E-state index contributed by atoms with van der Waals surface area (Å²) in [6.45, 7) is 0. The number of nitrogens with one attached hydrogen (secondary N) is 3. The van der Waals surface area contributed by atoms with E-state index in [2.05, 4.69) is 15.8 Å². The van der Waals surface area contributed by atoms with E-state index < -0.39 is 17.6 Å². The molecule has 0 unspecified atom stereocenters. The maximum absolute atomic E-state index is 13.6. The molecule has 8 heteroatoms. The van der Waals surface area contributed by atoms with Gasteiger partial charge >= 0.3 is 0 Å². The van der Waals surface area contributed by atoms with Gasteiger partial charge in [-0.25, -0.2) is 4.39 Å². The van der Waals surface area contributed by atoms with Crippen molar-refractivity contribution >= 4 is 24.0 Å². The monoisotopic (exact) mass is 356 g/mol. The molecule has 25 heavy (non-hydrogen) atoms. The van der Waals surface area contributed by atoms with Crippen molar-refractivity contribution in [2.75, 3.05) is 0 Å². The number of hydrogen-bond acceptors (Lipinski definition) is 3. The smallest absolute Gasteiger partial charge is 0.288 e. The molecular weight excluding hydrogens is 343 g/mol. The highest BCUT2D eigenvalue weighted by Crippen LogP contribution is 2.12. The van der Waals surface area contributed by atoms with E-state index >= 15 is 0 Å². The third-order valence-corrected chi connectivity index (χ3v) is 3.73. The van der Waals surface area contributed by atoms with E-state index in [1.165, 1.54) is 29.0 Å². The number of aromatic nitrogens is 2. The summed E-state index contributed by atoms with van der Waals surface area (Å²) < 4.78 is 15.4. The Morgan fingerprint density at radius 2 is 1.60 bits per heavy atom. The first-order chi connectivity index (χ1) is 12.1. The van der Waals surface area contributed by atoms with E-state index in [0.29, 0.717) is 10.5 Å². The third-order valence-electron chi connectivity index (χ3n) is 3.43. The van der Waals surface area contributed by atoms with E-state index in [-0.39, 0.29) is 11.3 Å². The van der Waals surface area contributed by atoms with Crippen LogP contribution in [-0.2, 0) is 0 Å². The Balaban J connectivity index is 1.78. The summed E-state index contributed by atoms with van der Waals surface area (Å²) in [6, 6.07) is 14.5. The zero-order valence-corrected chi connectivity index (χ0v) is 13.6. The summed E-state index contributed by atoms with van der Waals surface area (Å²) in [4.78, 5) is 27.1. The van der Waals surface area contributed by atoms with Crippen LogP contribution in [0.5, 0.6) is 0 Å². The minimum atomic E-state index is -0.758. The number of nitrogens with zero attached hydrogens (tertiary/aromatic N) is 1. The number of carbonyl (C=O) groups is 2. The number of halogens is 1. The topological polar surface area (TPSA) is 78.9 Å². The summed E-state index contributed by atoms with van der Waals surface area (Å²) >= 11 is 5.19. The summed E-state index contributed by atoms with van der Waals surface area (Å²) in [5.41, 5.74) is 5.17. The Morgan fingerprint density at radius 3 is 2.32 bits per heavy atom. The van der Waals surface area contributed by atoms with Crippen LogP contribution in [-0.4, -0.2) is 21.4 Å². The number of para-hydroxylation sites is 1. The Morgan fingerprint density at radius 1 is 0.960 bits per heavy atom. The molecule has 0 atom stereocenters. The van der Waals surface area contributed by atoms with E-state index in [1.54, 1.807) is 12.1 Å². The lowest BCUT2D eigenvalue weighted by molar-refractivity contribution is 0.0840. The molecule has 126 valence electrons. The predicted molar refractivity (Wildman–Crippen MR) is 92.3 cm³/mol. The Bertz CT molecular complexity index is 982.